The van der Waals surface area contributed by atoms with Gasteiger partial charge in [0.25, 0.3) is 0 Å². The van der Waals surface area contributed by atoms with Crippen LogP contribution < -0.4 is 16.0 Å². The van der Waals surface area contributed by atoms with Crippen molar-refractivity contribution in [1.29, 1.82) is 0 Å². The van der Waals surface area contributed by atoms with E-state index in [2.05, 4.69) is 20.9 Å². The quantitative estimate of drug-likeness (QED) is 0.319. The summed E-state index contributed by atoms with van der Waals surface area (Å²) < 4.78 is 10.1. The van der Waals surface area contributed by atoms with Crippen LogP contribution in [0.4, 0.5) is 4.79 Å². The SMILES string of the molecule is COCCNC(=NCC(=O)N(C)C)NCCNC(=O)OC(C)(C)C. The Hall–Kier alpha value is -2.03. The molecule has 24 heavy (non-hydrogen) atoms. The molecule has 0 aliphatic carbocycles. The second-order valence-electron chi connectivity index (χ2n) is 6.23. The zero-order valence-corrected chi connectivity index (χ0v) is 15.6. The van der Waals surface area contributed by atoms with Crippen molar-refractivity contribution in [2.45, 2.75) is 26.4 Å². The molecule has 0 bridgehead atoms. The number of carbonyl (C=O) groups excluding carboxylic acids is 2. The van der Waals surface area contributed by atoms with E-state index in [4.69, 9.17) is 9.47 Å². The van der Waals surface area contributed by atoms with Crippen molar-refractivity contribution in [3.63, 3.8) is 0 Å². The molecule has 3 N–H and O–H groups in total. The van der Waals surface area contributed by atoms with E-state index in [9.17, 15) is 9.59 Å². The Bertz CT molecular complexity index is 419. The second kappa shape index (κ2) is 11.5. The number of carbonyl (C=O) groups is 2. The van der Waals surface area contributed by atoms with Gasteiger partial charge in [-0.3, -0.25) is 4.79 Å². The summed E-state index contributed by atoms with van der Waals surface area (Å²) in [5.74, 6) is 0.378. The third-order valence-corrected chi connectivity index (χ3v) is 2.56. The molecule has 0 atom stereocenters. The van der Waals surface area contributed by atoms with Crippen LogP contribution in [0.5, 0.6) is 0 Å². The van der Waals surface area contributed by atoms with Gasteiger partial charge in [0.15, 0.2) is 5.96 Å². The zero-order chi connectivity index (χ0) is 18.6. The lowest BCUT2D eigenvalue weighted by molar-refractivity contribution is -0.127. The lowest BCUT2D eigenvalue weighted by Gasteiger charge is -2.20. The van der Waals surface area contributed by atoms with Gasteiger partial charge in [-0.1, -0.05) is 0 Å². The van der Waals surface area contributed by atoms with E-state index in [1.807, 2.05) is 0 Å². The molecule has 140 valence electrons. The van der Waals surface area contributed by atoms with Gasteiger partial charge in [0.1, 0.15) is 12.1 Å². The Morgan fingerprint density at radius 1 is 1.04 bits per heavy atom. The molecule has 0 aliphatic heterocycles. The van der Waals surface area contributed by atoms with E-state index in [1.54, 1.807) is 42.0 Å². The molecule has 0 aromatic heterocycles. The van der Waals surface area contributed by atoms with Crippen LogP contribution in [0.25, 0.3) is 0 Å². The van der Waals surface area contributed by atoms with Gasteiger partial charge >= 0.3 is 6.09 Å². The third kappa shape index (κ3) is 12.5. The standard InChI is InChI=1S/C15H31N5O4/c1-15(2,3)24-14(22)18-8-7-16-13(17-9-10-23-6)19-11-12(21)20(4)5/h7-11H2,1-6H3,(H,18,22)(H2,16,17,19). The third-order valence-electron chi connectivity index (χ3n) is 2.56. The Kier molecular flexibility index (Phi) is 10.5. The van der Waals surface area contributed by atoms with Crippen LogP contribution in [0.1, 0.15) is 20.8 Å². The maximum Gasteiger partial charge on any atom is 0.407 e. The maximum atomic E-state index is 11.6. The number of alkyl carbamates (subject to hydrolysis) is 1. The Balaban J connectivity index is 4.27. The van der Waals surface area contributed by atoms with E-state index in [0.717, 1.165) is 0 Å². The van der Waals surface area contributed by atoms with Crippen LogP contribution in [-0.2, 0) is 14.3 Å². The maximum absolute atomic E-state index is 11.6. The highest BCUT2D eigenvalue weighted by Gasteiger charge is 2.15. The molecule has 0 aromatic rings. The minimum atomic E-state index is -0.529. The first-order valence-electron chi connectivity index (χ1n) is 7.84. The monoisotopic (exact) mass is 345 g/mol. The number of methoxy groups -OCH3 is 1. The largest absolute Gasteiger partial charge is 0.444 e. The Morgan fingerprint density at radius 2 is 1.62 bits per heavy atom. The van der Waals surface area contributed by atoms with E-state index in [0.29, 0.717) is 32.2 Å². The first-order valence-corrected chi connectivity index (χ1v) is 7.84. The van der Waals surface area contributed by atoms with Crippen LogP contribution >= 0.6 is 0 Å². The fourth-order valence-corrected chi connectivity index (χ4v) is 1.39. The van der Waals surface area contributed by atoms with Gasteiger partial charge in [-0.15, -0.1) is 0 Å². The molecule has 0 aromatic carbocycles. The van der Waals surface area contributed by atoms with E-state index < -0.39 is 11.7 Å². The molecule has 2 amide bonds. The van der Waals surface area contributed by atoms with Crippen molar-refractivity contribution in [3.8, 4) is 0 Å². The van der Waals surface area contributed by atoms with Gasteiger partial charge < -0.3 is 30.3 Å². The number of nitrogens with one attached hydrogen (secondary N) is 3. The molecule has 9 heteroatoms. The van der Waals surface area contributed by atoms with Gasteiger partial charge in [-0.05, 0) is 20.8 Å². The van der Waals surface area contributed by atoms with Crippen molar-refractivity contribution < 1.29 is 19.1 Å². The number of hydrogen-bond donors (Lipinski definition) is 3. The number of amides is 2. The number of nitrogens with zero attached hydrogens (tertiary/aromatic N) is 2. The first kappa shape index (κ1) is 22.0. The molecule has 0 saturated carbocycles. The number of hydrogen-bond acceptors (Lipinski definition) is 5. The first-order chi connectivity index (χ1) is 11.2. The molecule has 0 radical (unpaired) electrons. The molecule has 0 fully saturated rings. The number of rotatable bonds is 8. The summed E-state index contributed by atoms with van der Waals surface area (Å²) in [6.45, 7) is 7.31. The summed E-state index contributed by atoms with van der Waals surface area (Å²) in [6.07, 6.45) is -0.474. The second-order valence-corrected chi connectivity index (χ2v) is 6.23. The molecule has 0 saturated heterocycles. The van der Waals surface area contributed by atoms with E-state index in [1.165, 1.54) is 4.90 Å². The van der Waals surface area contributed by atoms with Crippen LogP contribution in [0.15, 0.2) is 4.99 Å². The summed E-state index contributed by atoms with van der Waals surface area (Å²) in [5.41, 5.74) is -0.529. The van der Waals surface area contributed by atoms with Crippen LogP contribution in [0.3, 0.4) is 0 Å². The minimum Gasteiger partial charge on any atom is -0.444 e. The van der Waals surface area contributed by atoms with Crippen LogP contribution in [0, 0.1) is 0 Å². The predicted octanol–water partition coefficient (Wildman–Crippen LogP) is -0.219. The number of aliphatic imine (C=N–C) groups is 1. The lowest BCUT2D eigenvalue weighted by Crippen LogP contribution is -2.43. The van der Waals surface area contributed by atoms with Crippen molar-refractivity contribution in [2.24, 2.45) is 4.99 Å². The van der Waals surface area contributed by atoms with Crippen molar-refractivity contribution >= 4 is 18.0 Å². The van der Waals surface area contributed by atoms with Crippen LogP contribution in [0.2, 0.25) is 0 Å². The average Bonchev–Trinajstić information content (AvgIpc) is 2.46. The molecule has 9 nitrogen and oxygen atoms in total. The highest BCUT2D eigenvalue weighted by Crippen LogP contribution is 2.05. The van der Waals surface area contributed by atoms with Gasteiger partial charge in [-0.2, -0.15) is 0 Å². The molecule has 0 spiro atoms. The molecule has 0 heterocycles. The van der Waals surface area contributed by atoms with Gasteiger partial charge in [0, 0.05) is 40.8 Å². The predicted molar refractivity (Wildman–Crippen MR) is 93.1 cm³/mol. The Morgan fingerprint density at radius 3 is 2.17 bits per heavy atom. The Labute approximate surface area is 144 Å². The number of ether oxygens (including phenoxy) is 2. The zero-order valence-electron chi connectivity index (χ0n) is 15.6. The minimum absolute atomic E-state index is 0.0365. The smallest absolute Gasteiger partial charge is 0.407 e. The van der Waals surface area contributed by atoms with Gasteiger partial charge in [0.2, 0.25) is 5.91 Å². The number of likely N-dealkylation sites (N-methyl/N-ethyl adjacent to an activating group) is 1. The van der Waals surface area contributed by atoms with Crippen LogP contribution in [-0.4, -0.2) is 82.5 Å². The highest BCUT2D eigenvalue weighted by molar-refractivity contribution is 5.84. The van der Waals surface area contributed by atoms with E-state index in [-0.39, 0.29) is 12.5 Å². The summed E-state index contributed by atoms with van der Waals surface area (Å²) in [7, 11) is 4.95. The fourth-order valence-electron chi connectivity index (χ4n) is 1.39. The molecule has 0 rings (SSSR count). The molecular formula is C15H31N5O4. The molecular weight excluding hydrogens is 314 g/mol. The highest BCUT2D eigenvalue weighted by atomic mass is 16.6. The van der Waals surface area contributed by atoms with Crippen molar-refractivity contribution in [3.05, 3.63) is 0 Å². The van der Waals surface area contributed by atoms with Gasteiger partial charge in [0.05, 0.1) is 6.61 Å². The van der Waals surface area contributed by atoms with E-state index >= 15 is 0 Å². The summed E-state index contributed by atoms with van der Waals surface area (Å²) in [4.78, 5) is 28.8. The van der Waals surface area contributed by atoms with Crippen molar-refractivity contribution in [2.75, 3.05) is 54.0 Å². The van der Waals surface area contributed by atoms with Gasteiger partial charge in [-0.25, -0.2) is 9.79 Å². The summed E-state index contributed by atoms with van der Waals surface area (Å²) >= 11 is 0. The normalized spacial score (nSPS) is 11.7. The lowest BCUT2D eigenvalue weighted by atomic mass is 10.2. The fraction of sp³-hybridized carbons (Fsp3) is 0.800. The number of guanidine groups is 1. The summed E-state index contributed by atoms with van der Waals surface area (Å²) in [6, 6.07) is 0. The molecule has 0 aliphatic rings. The average molecular weight is 345 g/mol. The molecule has 0 unspecified atom stereocenters. The summed E-state index contributed by atoms with van der Waals surface area (Å²) in [5, 5.41) is 8.71. The van der Waals surface area contributed by atoms with Crippen molar-refractivity contribution in [1.82, 2.24) is 20.9 Å². The topological polar surface area (TPSA) is 104 Å².